The van der Waals surface area contributed by atoms with Gasteiger partial charge in [-0.25, -0.2) is 0 Å². The molecule has 7 heteroatoms. The molecule has 1 aromatic carbocycles. The highest BCUT2D eigenvalue weighted by Gasteiger charge is 2.34. The van der Waals surface area contributed by atoms with Gasteiger partial charge in [-0.15, -0.1) is 11.8 Å². The van der Waals surface area contributed by atoms with Crippen molar-refractivity contribution in [2.45, 2.75) is 18.0 Å². The number of benzene rings is 1. The third-order valence-corrected chi connectivity index (χ3v) is 2.87. The van der Waals surface area contributed by atoms with E-state index in [0.29, 0.717) is 10.6 Å². The summed E-state index contributed by atoms with van der Waals surface area (Å²) in [6.45, 7) is 1.84. The maximum Gasteiger partial charge on any atom is 0.417 e. The minimum atomic E-state index is -4.53. The van der Waals surface area contributed by atoms with Crippen LogP contribution in [0.5, 0.6) is 0 Å². The molecule has 0 heterocycles. The second kappa shape index (κ2) is 5.31. The average Bonchev–Trinajstić information content (AvgIpc) is 2.27. The molecule has 0 aliphatic heterocycles. The van der Waals surface area contributed by atoms with Crippen molar-refractivity contribution in [2.24, 2.45) is 10.9 Å². The Morgan fingerprint density at radius 1 is 1.47 bits per heavy atom. The molecule has 3 N–H and O–H groups in total. The SMILES string of the molecule is CCSc1ccc(/C(N)=N/O)c(C(F)(F)F)c1. The molecule has 3 nitrogen and oxygen atoms in total. The molecular weight excluding hydrogens is 253 g/mol. The summed E-state index contributed by atoms with van der Waals surface area (Å²) in [7, 11) is 0. The number of rotatable bonds is 3. The molecule has 0 spiro atoms. The van der Waals surface area contributed by atoms with E-state index in [0.717, 1.165) is 6.07 Å². The Hall–Kier alpha value is -1.37. The van der Waals surface area contributed by atoms with Crippen molar-refractivity contribution in [1.29, 1.82) is 0 Å². The lowest BCUT2D eigenvalue weighted by atomic mass is 10.1. The molecule has 0 saturated carbocycles. The van der Waals surface area contributed by atoms with E-state index in [1.807, 2.05) is 6.92 Å². The highest BCUT2D eigenvalue weighted by atomic mass is 32.2. The van der Waals surface area contributed by atoms with E-state index < -0.39 is 17.6 Å². The highest BCUT2D eigenvalue weighted by Crippen LogP contribution is 2.34. The summed E-state index contributed by atoms with van der Waals surface area (Å²) < 4.78 is 38.3. The molecule has 0 fully saturated rings. The number of alkyl halides is 3. The molecular formula is C10H11F3N2OS. The third-order valence-electron chi connectivity index (χ3n) is 1.99. The number of halogens is 3. The molecule has 1 aromatic rings. The number of nitrogens with zero attached hydrogens (tertiary/aromatic N) is 1. The van der Waals surface area contributed by atoms with Crippen LogP contribution in [0.25, 0.3) is 0 Å². The van der Waals surface area contributed by atoms with Crippen molar-refractivity contribution < 1.29 is 18.4 Å². The number of hydrogen-bond donors (Lipinski definition) is 2. The zero-order valence-electron chi connectivity index (χ0n) is 8.95. The van der Waals surface area contributed by atoms with Crippen LogP contribution in [0.3, 0.4) is 0 Å². The fourth-order valence-electron chi connectivity index (χ4n) is 1.29. The first-order valence-electron chi connectivity index (χ1n) is 4.72. The van der Waals surface area contributed by atoms with E-state index in [9.17, 15) is 13.2 Å². The maximum absolute atomic E-state index is 12.8. The van der Waals surface area contributed by atoms with Gasteiger partial charge in [0, 0.05) is 10.5 Å². The van der Waals surface area contributed by atoms with Gasteiger partial charge in [-0.05, 0) is 24.0 Å². The predicted molar refractivity (Wildman–Crippen MR) is 60.4 cm³/mol. The summed E-state index contributed by atoms with van der Waals surface area (Å²) >= 11 is 1.29. The second-order valence-corrected chi connectivity index (χ2v) is 4.46. The molecule has 0 amide bonds. The first-order chi connectivity index (χ1) is 7.90. The van der Waals surface area contributed by atoms with E-state index >= 15 is 0 Å². The molecule has 0 bridgehead atoms. The van der Waals surface area contributed by atoms with Crippen molar-refractivity contribution in [3.05, 3.63) is 29.3 Å². The Bertz CT molecular complexity index is 432. The van der Waals surface area contributed by atoms with Gasteiger partial charge in [-0.1, -0.05) is 12.1 Å². The number of thioether (sulfide) groups is 1. The van der Waals surface area contributed by atoms with Gasteiger partial charge in [-0.3, -0.25) is 0 Å². The average molecular weight is 264 g/mol. The van der Waals surface area contributed by atoms with Gasteiger partial charge < -0.3 is 10.9 Å². The molecule has 0 atom stereocenters. The molecule has 0 unspecified atom stereocenters. The number of amidine groups is 1. The van der Waals surface area contributed by atoms with Crippen molar-refractivity contribution >= 4 is 17.6 Å². The van der Waals surface area contributed by atoms with Gasteiger partial charge in [-0.2, -0.15) is 13.2 Å². The smallest absolute Gasteiger partial charge is 0.409 e. The fourth-order valence-corrected chi connectivity index (χ4v) is 1.99. The van der Waals surface area contributed by atoms with Crippen LogP contribution < -0.4 is 5.73 Å². The Morgan fingerprint density at radius 3 is 2.59 bits per heavy atom. The van der Waals surface area contributed by atoms with E-state index in [-0.39, 0.29) is 5.56 Å². The van der Waals surface area contributed by atoms with Crippen LogP contribution in [0.1, 0.15) is 18.1 Å². The minimum Gasteiger partial charge on any atom is -0.409 e. The normalized spacial score (nSPS) is 12.8. The molecule has 94 valence electrons. The van der Waals surface area contributed by atoms with Crippen molar-refractivity contribution in [1.82, 2.24) is 0 Å². The van der Waals surface area contributed by atoms with E-state index in [1.54, 1.807) is 0 Å². The van der Waals surface area contributed by atoms with Crippen LogP contribution in [-0.2, 0) is 6.18 Å². The Labute approximate surface area is 100 Å². The lowest BCUT2D eigenvalue weighted by Crippen LogP contribution is -2.20. The summed E-state index contributed by atoms with van der Waals surface area (Å²) in [6, 6.07) is 3.72. The second-order valence-electron chi connectivity index (χ2n) is 3.12. The summed E-state index contributed by atoms with van der Waals surface area (Å²) in [4.78, 5) is 0.495. The molecule has 0 saturated heterocycles. The van der Waals surface area contributed by atoms with E-state index in [4.69, 9.17) is 10.9 Å². The van der Waals surface area contributed by atoms with Crippen LogP contribution in [0.4, 0.5) is 13.2 Å². The number of nitrogens with two attached hydrogens (primary N) is 1. The molecule has 0 radical (unpaired) electrons. The topological polar surface area (TPSA) is 58.6 Å². The van der Waals surface area contributed by atoms with Gasteiger partial charge in [0.15, 0.2) is 5.84 Å². The molecule has 0 aromatic heterocycles. The zero-order valence-corrected chi connectivity index (χ0v) is 9.77. The number of oxime groups is 1. The lowest BCUT2D eigenvalue weighted by molar-refractivity contribution is -0.137. The van der Waals surface area contributed by atoms with Crippen molar-refractivity contribution in [2.75, 3.05) is 5.75 Å². The summed E-state index contributed by atoms with van der Waals surface area (Å²) in [5, 5.41) is 11.0. The standard InChI is InChI=1S/C10H11F3N2OS/c1-2-17-6-3-4-7(9(14)15-16)8(5-6)10(11,12)13/h3-5,16H,2H2,1H3,(H2,14,15). The molecule has 17 heavy (non-hydrogen) atoms. The van der Waals surface area contributed by atoms with E-state index in [1.165, 1.54) is 23.9 Å². The maximum atomic E-state index is 12.8. The summed E-state index contributed by atoms with van der Waals surface area (Å²) in [5.41, 5.74) is 3.99. The van der Waals surface area contributed by atoms with E-state index in [2.05, 4.69) is 5.16 Å². The Kier molecular flexibility index (Phi) is 4.28. The fraction of sp³-hybridized carbons (Fsp3) is 0.300. The van der Waals surface area contributed by atoms with Crippen LogP contribution in [0, 0.1) is 0 Å². The largest absolute Gasteiger partial charge is 0.417 e. The summed E-state index contributed by atoms with van der Waals surface area (Å²) in [6.07, 6.45) is -4.53. The van der Waals surface area contributed by atoms with Crippen LogP contribution >= 0.6 is 11.8 Å². The van der Waals surface area contributed by atoms with Gasteiger partial charge in [0.25, 0.3) is 0 Å². The zero-order chi connectivity index (χ0) is 13.1. The van der Waals surface area contributed by atoms with Gasteiger partial charge >= 0.3 is 6.18 Å². The van der Waals surface area contributed by atoms with Gasteiger partial charge in [0.2, 0.25) is 0 Å². The quantitative estimate of drug-likeness (QED) is 0.290. The first kappa shape index (κ1) is 13.7. The van der Waals surface area contributed by atoms with Crippen LogP contribution in [-0.4, -0.2) is 16.8 Å². The van der Waals surface area contributed by atoms with Gasteiger partial charge in [0.05, 0.1) is 5.56 Å². The van der Waals surface area contributed by atoms with Crippen LogP contribution in [0.2, 0.25) is 0 Å². The molecule has 0 aliphatic rings. The number of hydrogen-bond acceptors (Lipinski definition) is 3. The monoisotopic (exact) mass is 264 g/mol. The summed E-state index contributed by atoms with van der Waals surface area (Å²) in [5.74, 6) is 0.116. The minimum absolute atomic E-state index is 0.319. The molecule has 1 rings (SSSR count). The Balaban J connectivity index is 3.32. The van der Waals surface area contributed by atoms with Gasteiger partial charge in [0.1, 0.15) is 0 Å². The lowest BCUT2D eigenvalue weighted by Gasteiger charge is -2.13. The van der Waals surface area contributed by atoms with Crippen molar-refractivity contribution in [3.8, 4) is 0 Å². The predicted octanol–water partition coefficient (Wildman–Crippen LogP) is 2.91. The van der Waals surface area contributed by atoms with Crippen LogP contribution in [0.15, 0.2) is 28.3 Å². The molecule has 0 aliphatic carbocycles. The first-order valence-corrected chi connectivity index (χ1v) is 5.70. The Morgan fingerprint density at radius 2 is 2.12 bits per heavy atom. The van der Waals surface area contributed by atoms with Crippen molar-refractivity contribution in [3.63, 3.8) is 0 Å². The highest BCUT2D eigenvalue weighted by molar-refractivity contribution is 7.99. The third kappa shape index (κ3) is 3.29.